The largest absolute Gasteiger partial charge is 0.492 e. The number of methoxy groups -OCH3 is 1. The normalized spacial score (nSPS) is 11.0. The second kappa shape index (κ2) is 8.52. The molecular weight excluding hydrogens is 268 g/mol. The number of carbonyl (C=O) groups excluding carboxylic acids is 1. The number of rotatable bonds is 7. The Morgan fingerprint density at radius 1 is 1.14 bits per heavy atom. The van der Waals surface area contributed by atoms with Crippen molar-refractivity contribution < 1.29 is 14.3 Å². The van der Waals surface area contributed by atoms with Crippen LogP contribution in [-0.4, -0.2) is 39.4 Å². The SMILES string of the molecule is COCCNC(=O)NCCOc1cccc(C(C)(C)C)c1. The highest BCUT2D eigenvalue weighted by Crippen LogP contribution is 2.25. The maximum atomic E-state index is 11.4. The summed E-state index contributed by atoms with van der Waals surface area (Å²) in [6, 6.07) is 7.83. The molecule has 0 heterocycles. The van der Waals surface area contributed by atoms with Crippen LogP contribution in [0.1, 0.15) is 26.3 Å². The predicted octanol–water partition coefficient (Wildman–Crippen LogP) is 2.31. The van der Waals surface area contributed by atoms with Gasteiger partial charge in [0.1, 0.15) is 12.4 Å². The van der Waals surface area contributed by atoms with Crippen molar-refractivity contribution in [2.45, 2.75) is 26.2 Å². The minimum absolute atomic E-state index is 0.0961. The van der Waals surface area contributed by atoms with Crippen LogP contribution in [-0.2, 0) is 10.2 Å². The summed E-state index contributed by atoms with van der Waals surface area (Å²) in [5.41, 5.74) is 1.32. The molecule has 5 heteroatoms. The van der Waals surface area contributed by atoms with Gasteiger partial charge in [0.25, 0.3) is 0 Å². The molecular formula is C16H26N2O3. The average molecular weight is 294 g/mol. The monoisotopic (exact) mass is 294 g/mol. The van der Waals surface area contributed by atoms with Crippen LogP contribution >= 0.6 is 0 Å². The molecule has 1 rings (SSSR count). The quantitative estimate of drug-likeness (QED) is 0.759. The van der Waals surface area contributed by atoms with E-state index in [9.17, 15) is 4.79 Å². The Labute approximate surface area is 127 Å². The van der Waals surface area contributed by atoms with E-state index in [0.29, 0.717) is 26.3 Å². The number of nitrogens with one attached hydrogen (secondary N) is 2. The minimum Gasteiger partial charge on any atom is -0.492 e. The van der Waals surface area contributed by atoms with E-state index in [2.05, 4.69) is 37.5 Å². The van der Waals surface area contributed by atoms with Crippen LogP contribution in [0.15, 0.2) is 24.3 Å². The summed E-state index contributed by atoms with van der Waals surface area (Å²) in [4.78, 5) is 11.4. The van der Waals surface area contributed by atoms with Gasteiger partial charge < -0.3 is 20.1 Å². The van der Waals surface area contributed by atoms with E-state index in [-0.39, 0.29) is 11.4 Å². The Kier molecular flexibility index (Phi) is 7.02. The van der Waals surface area contributed by atoms with Crippen LogP contribution in [0.4, 0.5) is 4.79 Å². The van der Waals surface area contributed by atoms with Crippen molar-refractivity contribution in [1.82, 2.24) is 10.6 Å². The molecule has 0 unspecified atom stereocenters. The van der Waals surface area contributed by atoms with Crippen molar-refractivity contribution in [2.75, 3.05) is 33.4 Å². The molecule has 0 spiro atoms. The number of amides is 2. The molecule has 2 amide bonds. The number of carbonyl (C=O) groups is 1. The molecule has 0 radical (unpaired) electrons. The Bertz CT molecular complexity index is 441. The summed E-state index contributed by atoms with van der Waals surface area (Å²) in [6.07, 6.45) is 0. The molecule has 0 aliphatic carbocycles. The molecule has 2 N–H and O–H groups in total. The van der Waals surface area contributed by atoms with Crippen LogP contribution in [0.2, 0.25) is 0 Å². The molecule has 0 aliphatic rings. The van der Waals surface area contributed by atoms with Crippen molar-refractivity contribution in [3.63, 3.8) is 0 Å². The lowest BCUT2D eigenvalue weighted by Crippen LogP contribution is -2.39. The van der Waals surface area contributed by atoms with Crippen LogP contribution < -0.4 is 15.4 Å². The molecule has 0 aliphatic heterocycles. The van der Waals surface area contributed by atoms with E-state index in [1.54, 1.807) is 7.11 Å². The molecule has 21 heavy (non-hydrogen) atoms. The number of hydrogen-bond donors (Lipinski definition) is 2. The van der Waals surface area contributed by atoms with Gasteiger partial charge >= 0.3 is 6.03 Å². The lowest BCUT2D eigenvalue weighted by molar-refractivity contribution is 0.195. The van der Waals surface area contributed by atoms with E-state index in [1.165, 1.54) is 5.56 Å². The Morgan fingerprint density at radius 3 is 2.43 bits per heavy atom. The van der Waals surface area contributed by atoms with E-state index in [1.807, 2.05) is 18.2 Å². The maximum absolute atomic E-state index is 11.4. The first kappa shape index (κ1) is 17.3. The zero-order valence-corrected chi connectivity index (χ0v) is 13.4. The molecule has 0 saturated carbocycles. The highest BCUT2D eigenvalue weighted by atomic mass is 16.5. The summed E-state index contributed by atoms with van der Waals surface area (Å²) in [5.74, 6) is 0.823. The fourth-order valence-electron chi connectivity index (χ4n) is 1.71. The molecule has 0 fully saturated rings. The third kappa shape index (κ3) is 6.99. The van der Waals surface area contributed by atoms with Crippen molar-refractivity contribution in [3.8, 4) is 5.75 Å². The lowest BCUT2D eigenvalue weighted by atomic mass is 9.87. The van der Waals surface area contributed by atoms with Gasteiger partial charge in [-0.25, -0.2) is 4.79 Å². The van der Waals surface area contributed by atoms with Gasteiger partial charge in [-0.15, -0.1) is 0 Å². The molecule has 0 bridgehead atoms. The molecule has 0 atom stereocenters. The Hall–Kier alpha value is -1.75. The summed E-state index contributed by atoms with van der Waals surface area (Å²) in [6.45, 7) is 8.39. The average Bonchev–Trinajstić information content (AvgIpc) is 2.43. The lowest BCUT2D eigenvalue weighted by Gasteiger charge is -2.19. The molecule has 1 aromatic carbocycles. The zero-order valence-electron chi connectivity index (χ0n) is 13.4. The highest BCUT2D eigenvalue weighted by Gasteiger charge is 2.13. The summed E-state index contributed by atoms with van der Waals surface area (Å²) >= 11 is 0. The van der Waals surface area contributed by atoms with Crippen molar-refractivity contribution >= 4 is 6.03 Å². The summed E-state index contributed by atoms with van der Waals surface area (Å²) in [5, 5.41) is 5.41. The van der Waals surface area contributed by atoms with Crippen LogP contribution in [0.3, 0.4) is 0 Å². The van der Waals surface area contributed by atoms with E-state index >= 15 is 0 Å². The van der Waals surface area contributed by atoms with Crippen LogP contribution in [0.5, 0.6) is 5.75 Å². The Balaban J connectivity index is 2.28. The van der Waals surface area contributed by atoms with E-state index < -0.39 is 0 Å². The molecule has 118 valence electrons. The van der Waals surface area contributed by atoms with E-state index in [0.717, 1.165) is 5.75 Å². The first-order valence-corrected chi connectivity index (χ1v) is 7.17. The fraction of sp³-hybridized carbons (Fsp3) is 0.562. The van der Waals surface area contributed by atoms with Gasteiger partial charge in [0.15, 0.2) is 0 Å². The summed E-state index contributed by atoms with van der Waals surface area (Å²) in [7, 11) is 1.60. The number of hydrogen-bond acceptors (Lipinski definition) is 3. The van der Waals surface area contributed by atoms with Gasteiger partial charge in [0.05, 0.1) is 13.2 Å². The van der Waals surface area contributed by atoms with Gasteiger partial charge in [0, 0.05) is 13.7 Å². The Morgan fingerprint density at radius 2 is 1.81 bits per heavy atom. The van der Waals surface area contributed by atoms with Crippen LogP contribution in [0, 0.1) is 0 Å². The van der Waals surface area contributed by atoms with Crippen molar-refractivity contribution in [2.24, 2.45) is 0 Å². The minimum atomic E-state index is -0.209. The van der Waals surface area contributed by atoms with Gasteiger partial charge in [-0.2, -0.15) is 0 Å². The number of benzene rings is 1. The third-order valence-corrected chi connectivity index (χ3v) is 2.95. The highest BCUT2D eigenvalue weighted by molar-refractivity contribution is 5.73. The number of urea groups is 1. The maximum Gasteiger partial charge on any atom is 0.314 e. The van der Waals surface area contributed by atoms with Gasteiger partial charge in [-0.05, 0) is 23.1 Å². The first-order valence-electron chi connectivity index (χ1n) is 7.17. The number of ether oxygens (including phenoxy) is 2. The molecule has 0 saturated heterocycles. The summed E-state index contributed by atoms with van der Waals surface area (Å²) < 4.78 is 10.5. The fourth-order valence-corrected chi connectivity index (χ4v) is 1.71. The van der Waals surface area contributed by atoms with Crippen LogP contribution in [0.25, 0.3) is 0 Å². The van der Waals surface area contributed by atoms with Gasteiger partial charge in [-0.3, -0.25) is 0 Å². The topological polar surface area (TPSA) is 59.6 Å². The molecule has 0 aromatic heterocycles. The first-order chi connectivity index (χ1) is 9.93. The van der Waals surface area contributed by atoms with Gasteiger partial charge in [0.2, 0.25) is 0 Å². The van der Waals surface area contributed by atoms with Crippen molar-refractivity contribution in [1.29, 1.82) is 0 Å². The van der Waals surface area contributed by atoms with Gasteiger partial charge in [-0.1, -0.05) is 32.9 Å². The standard InChI is InChI=1S/C16H26N2O3/c1-16(2,3)13-6-5-7-14(12-13)21-11-9-18-15(19)17-8-10-20-4/h5-7,12H,8-11H2,1-4H3,(H2,17,18,19). The molecule has 1 aromatic rings. The predicted molar refractivity (Wildman–Crippen MR) is 83.9 cm³/mol. The smallest absolute Gasteiger partial charge is 0.314 e. The van der Waals surface area contributed by atoms with Crippen molar-refractivity contribution in [3.05, 3.63) is 29.8 Å². The second-order valence-corrected chi connectivity index (χ2v) is 5.80. The zero-order chi connectivity index (χ0) is 15.7. The molecule has 5 nitrogen and oxygen atoms in total. The third-order valence-electron chi connectivity index (χ3n) is 2.95. The van der Waals surface area contributed by atoms with E-state index in [4.69, 9.17) is 9.47 Å². The second-order valence-electron chi connectivity index (χ2n) is 5.80.